The second-order valence-electron chi connectivity index (χ2n) is 5.71. The zero-order valence-corrected chi connectivity index (χ0v) is 13.0. The molecule has 1 aromatic carbocycles. The fraction of sp³-hybridized carbons (Fsp3) is 0.529. The van der Waals surface area contributed by atoms with Gasteiger partial charge in [-0.15, -0.1) is 0 Å². The summed E-state index contributed by atoms with van der Waals surface area (Å²) in [7, 11) is 0. The van der Waals surface area contributed by atoms with E-state index in [1.807, 2.05) is 0 Å². The minimum atomic E-state index is -0.0810. The van der Waals surface area contributed by atoms with Crippen LogP contribution in [0.25, 0.3) is 0 Å². The second-order valence-corrected chi connectivity index (χ2v) is 5.71. The summed E-state index contributed by atoms with van der Waals surface area (Å²) < 4.78 is 0. The highest BCUT2D eigenvalue weighted by atomic mass is 16.3. The van der Waals surface area contributed by atoms with E-state index in [1.165, 1.54) is 0 Å². The van der Waals surface area contributed by atoms with Crippen molar-refractivity contribution >= 4 is 17.5 Å². The molecule has 1 aliphatic carbocycles. The Bertz CT molecular complexity index is 509. The molecule has 1 saturated carbocycles. The maximum Gasteiger partial charge on any atom is 0.253 e. The molecule has 1 aromatic rings. The molecule has 0 spiro atoms. The third-order valence-corrected chi connectivity index (χ3v) is 3.79. The highest BCUT2D eigenvalue weighted by molar-refractivity contribution is 5.96. The first-order valence-electron chi connectivity index (χ1n) is 7.96. The molecule has 1 fully saturated rings. The quantitative estimate of drug-likeness (QED) is 0.774. The summed E-state index contributed by atoms with van der Waals surface area (Å²) in [4.78, 5) is 25.8. The first-order chi connectivity index (χ1) is 10.7. The number of carbonyl (C=O) groups excluding carboxylic acids is 2. The number of hydrogen-bond donors (Lipinski definition) is 2. The molecule has 0 bridgehead atoms. The van der Waals surface area contributed by atoms with Crippen molar-refractivity contribution in [1.82, 2.24) is 4.90 Å². The highest BCUT2D eigenvalue weighted by Gasteiger charge is 2.29. The largest absolute Gasteiger partial charge is 0.395 e. The second kappa shape index (κ2) is 7.94. The van der Waals surface area contributed by atoms with Crippen molar-refractivity contribution in [2.75, 3.05) is 25.0 Å². The molecule has 1 aliphatic rings. The molecule has 0 radical (unpaired) electrons. The molecule has 0 aliphatic heterocycles. The molecule has 0 unspecified atom stereocenters. The van der Waals surface area contributed by atoms with Crippen molar-refractivity contribution in [2.45, 2.75) is 32.6 Å². The minimum Gasteiger partial charge on any atom is -0.395 e. The van der Waals surface area contributed by atoms with Crippen LogP contribution in [0.5, 0.6) is 0 Å². The van der Waals surface area contributed by atoms with Gasteiger partial charge in [0.05, 0.1) is 6.61 Å². The summed E-state index contributed by atoms with van der Waals surface area (Å²) in [5, 5.41) is 11.9. The van der Waals surface area contributed by atoms with E-state index >= 15 is 0 Å². The van der Waals surface area contributed by atoms with Gasteiger partial charge in [0.2, 0.25) is 5.91 Å². The van der Waals surface area contributed by atoms with Crippen molar-refractivity contribution in [3.05, 3.63) is 29.8 Å². The molecule has 5 nitrogen and oxygen atoms in total. The number of aliphatic hydroxyl groups is 1. The molecule has 0 atom stereocenters. The summed E-state index contributed by atoms with van der Waals surface area (Å²) >= 11 is 0. The van der Waals surface area contributed by atoms with Gasteiger partial charge in [0.15, 0.2) is 0 Å². The highest BCUT2D eigenvalue weighted by Crippen LogP contribution is 2.30. The fourth-order valence-electron chi connectivity index (χ4n) is 2.25. The van der Waals surface area contributed by atoms with E-state index in [1.54, 1.807) is 29.2 Å². The van der Waals surface area contributed by atoms with Crippen LogP contribution in [0, 0.1) is 5.92 Å². The summed E-state index contributed by atoms with van der Waals surface area (Å²) in [6.07, 6.45) is 3.86. The Morgan fingerprint density at radius 2 is 1.91 bits per heavy atom. The lowest BCUT2D eigenvalue weighted by Gasteiger charge is -2.21. The molecule has 2 amide bonds. The Labute approximate surface area is 131 Å². The standard InChI is InChI=1S/C17H24N2O3/c1-2-3-10-19(11-12-20)17(22)14-6-8-15(9-7-14)18-16(21)13-4-5-13/h6-9,13,20H,2-5,10-12H2,1H3,(H,18,21). The van der Waals surface area contributed by atoms with E-state index in [9.17, 15) is 9.59 Å². The molecule has 22 heavy (non-hydrogen) atoms. The number of anilines is 1. The normalized spacial score (nSPS) is 13.7. The van der Waals surface area contributed by atoms with E-state index in [4.69, 9.17) is 5.11 Å². The summed E-state index contributed by atoms with van der Waals surface area (Å²) in [6.45, 7) is 3.03. The smallest absolute Gasteiger partial charge is 0.253 e. The van der Waals surface area contributed by atoms with E-state index in [-0.39, 0.29) is 24.3 Å². The van der Waals surface area contributed by atoms with Gasteiger partial charge in [-0.05, 0) is 43.5 Å². The van der Waals surface area contributed by atoms with E-state index < -0.39 is 0 Å². The molecular weight excluding hydrogens is 280 g/mol. The van der Waals surface area contributed by atoms with Crippen LogP contribution in [0.1, 0.15) is 43.0 Å². The van der Waals surface area contributed by atoms with Crippen LogP contribution in [-0.4, -0.2) is 41.5 Å². The first kappa shape index (κ1) is 16.5. The Morgan fingerprint density at radius 1 is 1.23 bits per heavy atom. The minimum absolute atomic E-state index is 0.0367. The number of rotatable bonds is 8. The Kier molecular flexibility index (Phi) is 5.95. The Morgan fingerprint density at radius 3 is 2.45 bits per heavy atom. The lowest BCUT2D eigenvalue weighted by Crippen LogP contribution is -2.34. The molecule has 120 valence electrons. The SMILES string of the molecule is CCCCN(CCO)C(=O)c1ccc(NC(=O)C2CC2)cc1. The van der Waals surface area contributed by atoms with Crippen LogP contribution in [-0.2, 0) is 4.79 Å². The third kappa shape index (κ3) is 4.56. The van der Waals surface area contributed by atoms with Crippen LogP contribution >= 0.6 is 0 Å². The molecule has 5 heteroatoms. The summed E-state index contributed by atoms with van der Waals surface area (Å²) in [5.41, 5.74) is 1.30. The number of nitrogens with zero attached hydrogens (tertiary/aromatic N) is 1. The number of nitrogens with one attached hydrogen (secondary N) is 1. The number of amides is 2. The zero-order chi connectivity index (χ0) is 15.9. The van der Waals surface area contributed by atoms with Crippen molar-refractivity contribution in [2.24, 2.45) is 5.92 Å². The van der Waals surface area contributed by atoms with E-state index in [2.05, 4.69) is 12.2 Å². The van der Waals surface area contributed by atoms with Crippen molar-refractivity contribution in [3.63, 3.8) is 0 Å². The predicted molar refractivity (Wildman–Crippen MR) is 85.7 cm³/mol. The van der Waals surface area contributed by atoms with Crippen LogP contribution in [0.3, 0.4) is 0 Å². The number of aliphatic hydroxyl groups excluding tert-OH is 1. The molecule has 2 rings (SSSR count). The molecule has 0 saturated heterocycles. The molecule has 0 aromatic heterocycles. The average molecular weight is 304 g/mol. The lowest BCUT2D eigenvalue weighted by atomic mass is 10.1. The van der Waals surface area contributed by atoms with Crippen molar-refractivity contribution in [3.8, 4) is 0 Å². The van der Waals surface area contributed by atoms with Crippen LogP contribution in [0.2, 0.25) is 0 Å². The zero-order valence-electron chi connectivity index (χ0n) is 13.0. The molecular formula is C17H24N2O3. The Balaban J connectivity index is 1.97. The average Bonchev–Trinajstić information content (AvgIpc) is 3.36. The fourth-order valence-corrected chi connectivity index (χ4v) is 2.25. The Hall–Kier alpha value is -1.88. The van der Waals surface area contributed by atoms with Gasteiger partial charge < -0.3 is 15.3 Å². The third-order valence-electron chi connectivity index (χ3n) is 3.79. The first-order valence-corrected chi connectivity index (χ1v) is 7.96. The van der Waals surface area contributed by atoms with Gasteiger partial charge in [0.25, 0.3) is 5.91 Å². The van der Waals surface area contributed by atoms with Crippen LogP contribution in [0.4, 0.5) is 5.69 Å². The van der Waals surface area contributed by atoms with Crippen molar-refractivity contribution < 1.29 is 14.7 Å². The monoisotopic (exact) mass is 304 g/mol. The number of hydrogen-bond acceptors (Lipinski definition) is 3. The van der Waals surface area contributed by atoms with Gasteiger partial charge in [-0.25, -0.2) is 0 Å². The van der Waals surface area contributed by atoms with Gasteiger partial charge in [-0.3, -0.25) is 9.59 Å². The number of unbranched alkanes of at least 4 members (excludes halogenated alkanes) is 1. The van der Waals surface area contributed by atoms with Gasteiger partial charge in [0.1, 0.15) is 0 Å². The topological polar surface area (TPSA) is 69.6 Å². The van der Waals surface area contributed by atoms with E-state index in [0.29, 0.717) is 18.7 Å². The predicted octanol–water partition coefficient (Wildman–Crippen LogP) is 2.27. The lowest BCUT2D eigenvalue weighted by molar-refractivity contribution is -0.117. The maximum absolute atomic E-state index is 12.4. The van der Waals surface area contributed by atoms with E-state index in [0.717, 1.165) is 31.4 Å². The molecule has 2 N–H and O–H groups in total. The maximum atomic E-state index is 12.4. The van der Waals surface area contributed by atoms with Gasteiger partial charge in [0, 0.05) is 30.3 Å². The van der Waals surface area contributed by atoms with Gasteiger partial charge >= 0.3 is 0 Å². The van der Waals surface area contributed by atoms with Gasteiger partial charge in [-0.1, -0.05) is 13.3 Å². The van der Waals surface area contributed by atoms with Crippen molar-refractivity contribution in [1.29, 1.82) is 0 Å². The molecule has 0 heterocycles. The number of carbonyl (C=O) groups is 2. The van der Waals surface area contributed by atoms with Crippen LogP contribution < -0.4 is 5.32 Å². The number of benzene rings is 1. The summed E-state index contributed by atoms with van der Waals surface area (Å²) in [6, 6.07) is 6.96. The van der Waals surface area contributed by atoms with Crippen LogP contribution in [0.15, 0.2) is 24.3 Å². The summed E-state index contributed by atoms with van der Waals surface area (Å²) in [5.74, 6) is 0.141. The van der Waals surface area contributed by atoms with Gasteiger partial charge in [-0.2, -0.15) is 0 Å².